The normalized spacial score (nSPS) is 11.6. The van der Waals surface area contributed by atoms with Gasteiger partial charge in [-0.3, -0.25) is 0 Å². The van der Waals surface area contributed by atoms with Crippen LogP contribution in [0.1, 0.15) is 0 Å². The number of ether oxygens (including phenoxy) is 2. The molecule has 0 atom stereocenters. The number of alkyl halides is 6. The number of halogens is 6. The summed E-state index contributed by atoms with van der Waals surface area (Å²) >= 11 is 1.26. The first-order chi connectivity index (χ1) is 11.1. The van der Waals surface area contributed by atoms with E-state index in [0.717, 1.165) is 24.3 Å². The van der Waals surface area contributed by atoms with Crippen molar-refractivity contribution in [1.29, 1.82) is 0 Å². The average molecular weight is 412 g/mol. The van der Waals surface area contributed by atoms with Gasteiger partial charge in [0, 0.05) is 31.6 Å². The van der Waals surface area contributed by atoms with Crippen LogP contribution in [0.5, 0.6) is 11.5 Å². The van der Waals surface area contributed by atoms with Gasteiger partial charge in [-0.25, -0.2) is 0 Å². The molecule has 0 aliphatic heterocycles. The first-order valence-corrected chi connectivity index (χ1v) is 7.51. The largest absolute Gasteiger partial charge is 0.573 e. The molecule has 2 rings (SSSR count). The van der Waals surface area contributed by atoms with E-state index in [4.69, 9.17) is 0 Å². The molecule has 0 bridgehead atoms. The van der Waals surface area contributed by atoms with Crippen molar-refractivity contribution in [3.05, 3.63) is 42.5 Å². The van der Waals surface area contributed by atoms with Crippen molar-refractivity contribution < 1.29 is 61.7 Å². The van der Waals surface area contributed by atoms with Gasteiger partial charge in [-0.05, 0) is 17.2 Å². The van der Waals surface area contributed by atoms with Gasteiger partial charge < -0.3 is 9.47 Å². The zero-order valence-electron chi connectivity index (χ0n) is 12.5. The minimum Gasteiger partial charge on any atom is -0.454 e. The maximum Gasteiger partial charge on any atom is 0.573 e. The summed E-state index contributed by atoms with van der Waals surface area (Å²) in [7, 11) is 0. The Bertz CT molecular complexity index is 701. The van der Waals surface area contributed by atoms with Crippen LogP contribution in [0.15, 0.2) is 41.3 Å². The summed E-state index contributed by atoms with van der Waals surface area (Å²) in [6, 6.07) is 9.59. The molecule has 0 unspecified atom stereocenters. The Labute approximate surface area is 162 Å². The summed E-state index contributed by atoms with van der Waals surface area (Å²) in [5, 5.41) is 0. The van der Waals surface area contributed by atoms with Gasteiger partial charge in [-0.2, -0.15) is 0 Å². The first-order valence-electron chi connectivity index (χ1n) is 6.29. The second-order valence-corrected chi connectivity index (χ2v) is 5.24. The van der Waals surface area contributed by atoms with Crippen molar-refractivity contribution in [2.24, 2.45) is 0 Å². The average Bonchev–Trinajstić information content (AvgIpc) is 2.44. The Kier molecular flexibility index (Phi) is 7.42. The van der Waals surface area contributed by atoms with Crippen LogP contribution in [0.25, 0.3) is 11.1 Å². The van der Waals surface area contributed by atoms with E-state index in [2.05, 4.69) is 15.5 Å². The second-order valence-electron chi connectivity index (χ2n) is 4.40. The Hall–Kier alpha value is -1.16. The van der Waals surface area contributed by atoms with Gasteiger partial charge >= 0.3 is 12.7 Å². The molecule has 0 spiro atoms. The van der Waals surface area contributed by atoms with E-state index in [1.54, 1.807) is 6.26 Å². The van der Waals surface area contributed by atoms with Crippen LogP contribution in [0.3, 0.4) is 0 Å². The standard InChI is InChI=1S/C15H9F6O2S.Sc/c1-24-13-7-6-11(23-15(19,20)21)8-12(13)9-2-4-10(5-3-9)22-14(16,17)18;/h2,4-8H,1H3;/q-1;. The molecule has 25 heavy (non-hydrogen) atoms. The third-order valence-electron chi connectivity index (χ3n) is 2.71. The summed E-state index contributed by atoms with van der Waals surface area (Å²) < 4.78 is 80.9. The summed E-state index contributed by atoms with van der Waals surface area (Å²) in [5.74, 6) is -0.904. The Morgan fingerprint density at radius 2 is 1.44 bits per heavy atom. The van der Waals surface area contributed by atoms with E-state index in [9.17, 15) is 26.3 Å². The molecule has 2 nitrogen and oxygen atoms in total. The van der Waals surface area contributed by atoms with Gasteiger partial charge in [-0.1, -0.05) is 17.7 Å². The Morgan fingerprint density at radius 1 is 0.880 bits per heavy atom. The second kappa shape index (κ2) is 8.48. The number of hydrogen-bond donors (Lipinski definition) is 0. The van der Waals surface area contributed by atoms with E-state index in [0.29, 0.717) is 16.0 Å². The molecule has 0 heterocycles. The third-order valence-corrected chi connectivity index (χ3v) is 3.51. The maximum absolute atomic E-state index is 12.3. The van der Waals surface area contributed by atoms with Crippen molar-refractivity contribution in [3.8, 4) is 22.6 Å². The van der Waals surface area contributed by atoms with Gasteiger partial charge in [0.05, 0.1) is 0 Å². The fourth-order valence-electron chi connectivity index (χ4n) is 1.87. The van der Waals surface area contributed by atoms with Crippen molar-refractivity contribution in [1.82, 2.24) is 0 Å². The van der Waals surface area contributed by atoms with Crippen molar-refractivity contribution in [2.75, 3.05) is 6.26 Å². The van der Waals surface area contributed by atoms with Crippen molar-refractivity contribution in [2.45, 2.75) is 17.6 Å². The predicted octanol–water partition coefficient (Wildman–Crippen LogP) is 5.67. The van der Waals surface area contributed by atoms with Gasteiger partial charge in [0.15, 0.2) is 0 Å². The fourth-order valence-corrected chi connectivity index (χ4v) is 2.46. The van der Waals surface area contributed by atoms with E-state index >= 15 is 0 Å². The van der Waals surface area contributed by atoms with Crippen molar-refractivity contribution >= 4 is 11.8 Å². The van der Waals surface area contributed by atoms with Crippen LogP contribution in [-0.4, -0.2) is 19.0 Å². The molecule has 133 valence electrons. The molecule has 10 heteroatoms. The first kappa shape index (κ1) is 21.9. The van der Waals surface area contributed by atoms with Crippen molar-refractivity contribution in [3.63, 3.8) is 0 Å². The number of rotatable bonds is 4. The van der Waals surface area contributed by atoms with Crippen LogP contribution in [0, 0.1) is 6.07 Å². The number of thioether (sulfide) groups is 1. The van der Waals surface area contributed by atoms with Gasteiger partial charge in [0.2, 0.25) is 0 Å². The number of benzene rings is 2. The molecule has 0 aliphatic rings. The minimum atomic E-state index is -4.84. The summed E-state index contributed by atoms with van der Waals surface area (Å²) in [5.41, 5.74) is 0.657. The molecule has 0 N–H and O–H groups in total. The minimum absolute atomic E-state index is 0. The molecule has 0 aromatic heterocycles. The molecule has 0 fully saturated rings. The van der Waals surface area contributed by atoms with Crippen LogP contribution < -0.4 is 9.47 Å². The molecular formula is C15H9F6O2SSc-. The van der Waals surface area contributed by atoms with E-state index in [-0.39, 0.29) is 25.8 Å². The summed E-state index contributed by atoms with van der Waals surface area (Å²) in [6.45, 7) is 0. The monoisotopic (exact) mass is 412 g/mol. The quantitative estimate of drug-likeness (QED) is 0.366. The Morgan fingerprint density at radius 3 is 1.92 bits per heavy atom. The zero-order valence-corrected chi connectivity index (χ0v) is 15.2. The van der Waals surface area contributed by atoms with Gasteiger partial charge in [0.1, 0.15) is 5.75 Å². The fraction of sp³-hybridized carbons (Fsp3) is 0.200. The van der Waals surface area contributed by atoms with Crippen LogP contribution in [-0.2, 0) is 25.8 Å². The molecular weight excluding hydrogens is 403 g/mol. The van der Waals surface area contributed by atoms with E-state index < -0.39 is 24.2 Å². The summed E-state index contributed by atoms with van der Waals surface area (Å²) in [4.78, 5) is 0.616. The topological polar surface area (TPSA) is 18.5 Å². The molecule has 2 aromatic carbocycles. The van der Waals surface area contributed by atoms with Gasteiger partial charge in [0.25, 0.3) is 0 Å². The molecule has 0 amide bonds. The number of hydrogen-bond acceptors (Lipinski definition) is 3. The van der Waals surface area contributed by atoms with Crippen LogP contribution >= 0.6 is 11.8 Å². The summed E-state index contributed by atoms with van der Waals surface area (Å²) in [6.07, 6.45) is -7.96. The Balaban J connectivity index is 0.00000312. The molecule has 0 saturated carbocycles. The SMILES string of the molecule is CSc1ccc(OC(F)(F)F)cc1-c1[c-]cc(OC(F)(F)F)cc1.[Sc]. The molecule has 2 aromatic rings. The predicted molar refractivity (Wildman–Crippen MR) is 75.9 cm³/mol. The molecule has 0 saturated heterocycles. The van der Waals surface area contributed by atoms with E-state index in [1.165, 1.54) is 23.9 Å². The van der Waals surface area contributed by atoms with Gasteiger partial charge in [-0.15, -0.1) is 67.9 Å². The molecule has 0 aliphatic carbocycles. The smallest absolute Gasteiger partial charge is 0.454 e. The zero-order chi connectivity index (χ0) is 18.0. The third kappa shape index (κ3) is 6.93. The van der Waals surface area contributed by atoms with Crippen LogP contribution in [0.2, 0.25) is 0 Å². The molecule has 1 radical (unpaired) electrons. The van der Waals surface area contributed by atoms with E-state index in [1.807, 2.05) is 0 Å². The maximum atomic E-state index is 12.3. The van der Waals surface area contributed by atoms with Crippen LogP contribution in [0.4, 0.5) is 26.3 Å².